The van der Waals surface area contributed by atoms with Crippen molar-refractivity contribution in [3.05, 3.63) is 34.9 Å². The van der Waals surface area contributed by atoms with Crippen LogP contribution in [-0.4, -0.2) is 34.8 Å². The van der Waals surface area contributed by atoms with Gasteiger partial charge in [0.05, 0.1) is 18.6 Å². The molecule has 1 unspecified atom stereocenters. The molecule has 0 saturated carbocycles. The number of rotatable bonds is 5. The number of ether oxygens (including phenoxy) is 1. The number of fused-ring (bicyclic) bond motifs is 1. The van der Waals surface area contributed by atoms with Gasteiger partial charge in [-0.1, -0.05) is 12.1 Å². The summed E-state index contributed by atoms with van der Waals surface area (Å²) in [4.78, 5) is 9.38. The number of thiophene rings is 1. The molecule has 0 radical (unpaired) electrons. The first-order valence-electron chi connectivity index (χ1n) is 7.09. The second kappa shape index (κ2) is 6.70. The number of benzene rings is 1. The van der Waals surface area contributed by atoms with Crippen LogP contribution in [0.15, 0.2) is 29.6 Å². The van der Waals surface area contributed by atoms with Crippen LogP contribution in [0.2, 0.25) is 5.28 Å². The van der Waals surface area contributed by atoms with Crippen molar-refractivity contribution in [3.8, 4) is 16.9 Å². The summed E-state index contributed by atoms with van der Waals surface area (Å²) >= 11 is 7.51. The van der Waals surface area contributed by atoms with Crippen LogP contribution in [0.1, 0.15) is 6.92 Å². The van der Waals surface area contributed by atoms with Crippen molar-refractivity contribution in [1.82, 2.24) is 9.97 Å². The van der Waals surface area contributed by atoms with E-state index >= 15 is 0 Å². The van der Waals surface area contributed by atoms with Gasteiger partial charge in [-0.05, 0) is 36.2 Å². The van der Waals surface area contributed by atoms with Gasteiger partial charge in [-0.2, -0.15) is 0 Å². The Labute approximate surface area is 142 Å². The molecule has 5 nitrogen and oxygen atoms in total. The minimum Gasteiger partial charge on any atom is -0.497 e. The van der Waals surface area contributed by atoms with Gasteiger partial charge in [-0.25, -0.2) is 9.97 Å². The molecule has 2 heterocycles. The fourth-order valence-corrected chi connectivity index (χ4v) is 3.44. The van der Waals surface area contributed by atoms with E-state index in [1.807, 2.05) is 29.6 Å². The molecule has 23 heavy (non-hydrogen) atoms. The number of aliphatic hydroxyl groups is 1. The number of anilines is 1. The van der Waals surface area contributed by atoms with Gasteiger partial charge in [0.2, 0.25) is 5.28 Å². The number of methoxy groups -OCH3 is 1. The summed E-state index contributed by atoms with van der Waals surface area (Å²) in [6.45, 7) is 2.10. The summed E-state index contributed by atoms with van der Waals surface area (Å²) in [5.74, 6) is 1.44. The summed E-state index contributed by atoms with van der Waals surface area (Å²) in [7, 11) is 1.64. The SMILES string of the molecule is COc1ccc(-c2csc3nc(Cl)nc(NCC(C)O)c23)cc1. The molecule has 7 heteroatoms. The fourth-order valence-electron chi connectivity index (χ4n) is 2.27. The van der Waals surface area contributed by atoms with Gasteiger partial charge < -0.3 is 15.2 Å². The third-order valence-corrected chi connectivity index (χ3v) is 4.41. The maximum absolute atomic E-state index is 9.50. The Morgan fingerprint density at radius 1 is 1.30 bits per heavy atom. The van der Waals surface area contributed by atoms with E-state index in [1.165, 1.54) is 11.3 Å². The van der Waals surface area contributed by atoms with Crippen LogP contribution >= 0.6 is 22.9 Å². The highest BCUT2D eigenvalue weighted by Gasteiger charge is 2.15. The molecule has 0 aliphatic carbocycles. The Bertz CT molecular complexity index is 818. The van der Waals surface area contributed by atoms with Crippen molar-refractivity contribution in [1.29, 1.82) is 0 Å². The van der Waals surface area contributed by atoms with Crippen LogP contribution in [0.3, 0.4) is 0 Å². The number of nitrogens with one attached hydrogen (secondary N) is 1. The summed E-state index contributed by atoms with van der Waals surface area (Å²) in [6.07, 6.45) is -0.484. The van der Waals surface area contributed by atoms with Crippen molar-refractivity contribution in [2.24, 2.45) is 0 Å². The number of aromatic nitrogens is 2. The molecule has 0 aliphatic rings. The van der Waals surface area contributed by atoms with Crippen molar-refractivity contribution in [2.45, 2.75) is 13.0 Å². The summed E-state index contributed by atoms with van der Waals surface area (Å²) in [5.41, 5.74) is 2.07. The van der Waals surface area contributed by atoms with E-state index in [0.717, 1.165) is 27.1 Å². The molecule has 3 rings (SSSR count). The predicted molar refractivity (Wildman–Crippen MR) is 94.6 cm³/mol. The summed E-state index contributed by atoms with van der Waals surface area (Å²) < 4.78 is 5.20. The second-order valence-corrected chi connectivity index (χ2v) is 6.33. The molecule has 0 bridgehead atoms. The molecule has 1 aromatic carbocycles. The lowest BCUT2D eigenvalue weighted by Crippen LogP contribution is -2.16. The Kier molecular flexibility index (Phi) is 4.66. The second-order valence-electron chi connectivity index (χ2n) is 5.13. The zero-order valence-electron chi connectivity index (χ0n) is 12.7. The molecule has 1 atom stereocenters. The Hall–Kier alpha value is -1.89. The van der Waals surface area contributed by atoms with Crippen LogP contribution in [0.5, 0.6) is 5.75 Å². The fraction of sp³-hybridized carbons (Fsp3) is 0.250. The van der Waals surface area contributed by atoms with Gasteiger partial charge in [-0.15, -0.1) is 11.3 Å². The van der Waals surface area contributed by atoms with Crippen LogP contribution in [0.4, 0.5) is 5.82 Å². The van der Waals surface area contributed by atoms with Crippen molar-refractivity contribution in [3.63, 3.8) is 0 Å². The Morgan fingerprint density at radius 2 is 2.04 bits per heavy atom. The van der Waals surface area contributed by atoms with E-state index in [-0.39, 0.29) is 5.28 Å². The van der Waals surface area contributed by atoms with Gasteiger partial charge in [0.25, 0.3) is 0 Å². The molecule has 0 aliphatic heterocycles. The highest BCUT2D eigenvalue weighted by Crippen LogP contribution is 2.37. The van der Waals surface area contributed by atoms with Gasteiger partial charge in [-0.3, -0.25) is 0 Å². The van der Waals surface area contributed by atoms with Gasteiger partial charge in [0, 0.05) is 17.5 Å². The van der Waals surface area contributed by atoms with E-state index < -0.39 is 6.10 Å². The third kappa shape index (κ3) is 3.39. The molecule has 2 N–H and O–H groups in total. The van der Waals surface area contributed by atoms with E-state index in [1.54, 1.807) is 14.0 Å². The largest absolute Gasteiger partial charge is 0.497 e. The average Bonchev–Trinajstić information content (AvgIpc) is 2.96. The van der Waals surface area contributed by atoms with Gasteiger partial charge >= 0.3 is 0 Å². The Balaban J connectivity index is 2.09. The Morgan fingerprint density at radius 3 is 2.70 bits per heavy atom. The summed E-state index contributed by atoms with van der Waals surface area (Å²) in [5, 5.41) is 15.8. The van der Waals surface area contributed by atoms with E-state index in [0.29, 0.717) is 12.4 Å². The monoisotopic (exact) mass is 349 g/mol. The first-order chi connectivity index (χ1) is 11.1. The highest BCUT2D eigenvalue weighted by atomic mass is 35.5. The maximum Gasteiger partial charge on any atom is 0.225 e. The minimum absolute atomic E-state index is 0.189. The molecular formula is C16H16ClN3O2S. The lowest BCUT2D eigenvalue weighted by molar-refractivity contribution is 0.208. The lowest BCUT2D eigenvalue weighted by atomic mass is 10.1. The van der Waals surface area contributed by atoms with E-state index in [2.05, 4.69) is 15.3 Å². The highest BCUT2D eigenvalue weighted by molar-refractivity contribution is 7.17. The van der Waals surface area contributed by atoms with Crippen molar-refractivity contribution < 1.29 is 9.84 Å². The standard InChI is InChI=1S/C16H16ClN3O2S/c1-9(21)7-18-14-13-12(8-23-15(13)20-16(17)19-14)10-3-5-11(22-2)6-4-10/h3-6,8-9,21H,7H2,1-2H3,(H,18,19,20). The van der Waals surface area contributed by atoms with Gasteiger partial charge in [0.1, 0.15) is 16.4 Å². The number of hydrogen-bond donors (Lipinski definition) is 2. The summed E-state index contributed by atoms with van der Waals surface area (Å²) in [6, 6.07) is 7.82. The lowest BCUT2D eigenvalue weighted by Gasteiger charge is -2.10. The molecule has 120 valence electrons. The number of halogens is 1. The smallest absolute Gasteiger partial charge is 0.225 e. The normalized spacial score (nSPS) is 12.3. The number of nitrogens with zero attached hydrogens (tertiary/aromatic N) is 2. The third-order valence-electron chi connectivity index (χ3n) is 3.37. The molecule has 3 aromatic rings. The average molecular weight is 350 g/mol. The molecule has 0 amide bonds. The first kappa shape index (κ1) is 16.0. The van der Waals surface area contributed by atoms with Crippen LogP contribution < -0.4 is 10.1 Å². The molecule has 0 saturated heterocycles. The minimum atomic E-state index is -0.484. The quantitative estimate of drug-likeness (QED) is 0.685. The van der Waals surface area contributed by atoms with Crippen LogP contribution in [0, 0.1) is 0 Å². The predicted octanol–water partition coefficient (Wildman–Crippen LogP) is 3.81. The molecular weight excluding hydrogens is 334 g/mol. The number of aliphatic hydroxyl groups excluding tert-OH is 1. The van der Waals surface area contributed by atoms with E-state index in [4.69, 9.17) is 16.3 Å². The first-order valence-corrected chi connectivity index (χ1v) is 8.35. The molecule has 2 aromatic heterocycles. The van der Waals surface area contributed by atoms with Crippen molar-refractivity contribution in [2.75, 3.05) is 19.0 Å². The van der Waals surface area contributed by atoms with Crippen molar-refractivity contribution >= 4 is 39.0 Å². The molecule has 0 spiro atoms. The zero-order valence-corrected chi connectivity index (χ0v) is 14.3. The maximum atomic E-state index is 9.50. The molecule has 0 fully saturated rings. The zero-order chi connectivity index (χ0) is 16.4. The van der Waals surface area contributed by atoms with Gasteiger partial charge in [0.15, 0.2) is 0 Å². The number of hydrogen-bond acceptors (Lipinski definition) is 6. The van der Waals surface area contributed by atoms with Crippen LogP contribution in [-0.2, 0) is 0 Å². The van der Waals surface area contributed by atoms with Crippen LogP contribution in [0.25, 0.3) is 21.3 Å². The topological polar surface area (TPSA) is 67.3 Å². The van der Waals surface area contributed by atoms with E-state index in [9.17, 15) is 5.11 Å².